The molecule has 1 amide bonds. The molecular weight excluding hydrogens is 354 g/mol. The van der Waals surface area contributed by atoms with Crippen LogP contribution in [0.2, 0.25) is 0 Å². The number of carbonyl (C=O) groups is 1. The summed E-state index contributed by atoms with van der Waals surface area (Å²) in [6, 6.07) is 1.67. The summed E-state index contributed by atoms with van der Waals surface area (Å²) >= 11 is 0. The number of rotatable bonds is 6. The molecule has 3 N–H and O–H groups in total. The highest BCUT2D eigenvalue weighted by Crippen LogP contribution is 2.41. The highest BCUT2D eigenvalue weighted by Gasteiger charge is 2.31. The molecule has 0 bridgehead atoms. The molecule has 6 nitrogen and oxygen atoms in total. The van der Waals surface area contributed by atoms with E-state index in [4.69, 9.17) is 10.3 Å². The lowest BCUT2D eigenvalue weighted by Gasteiger charge is -2.15. The molecule has 3 rings (SSSR count). The summed E-state index contributed by atoms with van der Waals surface area (Å²) in [5.74, 6) is -3.44. The molecule has 1 aliphatic carbocycles. The maximum absolute atomic E-state index is 13.3. The molecule has 0 saturated heterocycles. The number of nitrogens with two attached hydrogens (primary N) is 1. The van der Waals surface area contributed by atoms with Gasteiger partial charge in [0.05, 0.1) is 29.7 Å². The van der Waals surface area contributed by atoms with Crippen molar-refractivity contribution in [3.05, 3.63) is 23.0 Å². The largest absolute Gasteiger partial charge is 0.346 e. The number of halogens is 3. The van der Waals surface area contributed by atoms with E-state index >= 15 is 0 Å². The zero-order chi connectivity index (χ0) is 17.5. The summed E-state index contributed by atoms with van der Waals surface area (Å²) in [5, 5.41) is 6.75. The van der Waals surface area contributed by atoms with Gasteiger partial charge in [-0.25, -0.2) is 13.8 Å². The van der Waals surface area contributed by atoms with E-state index in [9.17, 15) is 13.6 Å². The number of fused-ring (bicyclic) bond motifs is 1. The monoisotopic (exact) mass is 374 g/mol. The molecule has 0 spiro atoms. The smallest absolute Gasteiger partial charge is 0.277 e. The molecule has 138 valence electrons. The van der Waals surface area contributed by atoms with Gasteiger partial charge in [0.25, 0.3) is 17.5 Å². The number of hydrogen-bond donors (Lipinski definition) is 2. The van der Waals surface area contributed by atoms with E-state index in [0.717, 1.165) is 18.5 Å². The van der Waals surface area contributed by atoms with Crippen molar-refractivity contribution < 1.29 is 18.1 Å². The third-order valence-electron chi connectivity index (χ3n) is 4.09. The van der Waals surface area contributed by atoms with Gasteiger partial charge in [0.15, 0.2) is 0 Å². The quantitative estimate of drug-likeness (QED) is 0.810. The number of nitrogens with zero attached hydrogens (tertiary/aromatic N) is 2. The van der Waals surface area contributed by atoms with Gasteiger partial charge in [0.1, 0.15) is 0 Å². The van der Waals surface area contributed by atoms with Gasteiger partial charge in [-0.15, -0.1) is 12.4 Å². The van der Waals surface area contributed by atoms with Crippen LogP contribution in [0.1, 0.15) is 60.3 Å². The summed E-state index contributed by atoms with van der Waals surface area (Å²) in [7, 11) is 0. The maximum Gasteiger partial charge on any atom is 0.277 e. The minimum Gasteiger partial charge on any atom is -0.346 e. The van der Waals surface area contributed by atoms with Crippen LogP contribution in [0.5, 0.6) is 0 Å². The molecule has 1 saturated carbocycles. The van der Waals surface area contributed by atoms with E-state index in [1.165, 1.54) is 0 Å². The molecule has 1 fully saturated rings. The molecule has 0 radical (unpaired) electrons. The highest BCUT2D eigenvalue weighted by atomic mass is 35.5. The SMILES string of the molecule is CC(C)c1noc2nc(C3CC3)cc(C(=O)NCC(F)(F)CN)c12.Cl. The fraction of sp³-hybridized carbons (Fsp3) is 0.562. The molecule has 2 aromatic heterocycles. The van der Waals surface area contributed by atoms with E-state index in [1.807, 2.05) is 13.8 Å². The standard InChI is InChI=1S/C16H20F2N4O2.ClH/c1-8(2)13-12-10(14(23)20-7-16(17,18)6-19)5-11(9-3-4-9)21-15(12)24-22-13;/h5,8-9H,3-4,6-7,19H2,1-2H3,(H,20,23);1H. The molecule has 2 heterocycles. The first-order chi connectivity index (χ1) is 11.3. The second-order valence-electron chi connectivity index (χ2n) is 6.51. The van der Waals surface area contributed by atoms with Crippen LogP contribution >= 0.6 is 12.4 Å². The van der Waals surface area contributed by atoms with Crippen LogP contribution < -0.4 is 11.1 Å². The Balaban J connectivity index is 0.00000225. The van der Waals surface area contributed by atoms with Gasteiger partial charge in [-0.2, -0.15) is 0 Å². The van der Waals surface area contributed by atoms with Crippen molar-refractivity contribution in [1.82, 2.24) is 15.5 Å². The first-order valence-electron chi connectivity index (χ1n) is 7.98. The van der Waals surface area contributed by atoms with E-state index in [2.05, 4.69) is 15.5 Å². The molecule has 25 heavy (non-hydrogen) atoms. The Bertz CT molecular complexity index is 775. The number of pyridine rings is 1. The lowest BCUT2D eigenvalue weighted by atomic mass is 10.0. The molecule has 9 heteroatoms. The predicted molar refractivity (Wildman–Crippen MR) is 91.5 cm³/mol. The molecule has 0 aromatic carbocycles. The van der Waals surface area contributed by atoms with Crippen LogP contribution in [0, 0.1) is 0 Å². The van der Waals surface area contributed by atoms with E-state index in [1.54, 1.807) is 6.07 Å². The lowest BCUT2D eigenvalue weighted by molar-refractivity contribution is 0.0119. The molecule has 2 aromatic rings. The van der Waals surface area contributed by atoms with Gasteiger partial charge in [0, 0.05) is 11.6 Å². The number of alkyl halides is 2. The highest BCUT2D eigenvalue weighted by molar-refractivity contribution is 6.06. The van der Waals surface area contributed by atoms with Gasteiger partial charge in [-0.05, 0) is 24.8 Å². The maximum atomic E-state index is 13.3. The normalized spacial score (nSPS) is 14.6. The second kappa shape index (κ2) is 7.21. The summed E-state index contributed by atoms with van der Waals surface area (Å²) in [4.78, 5) is 16.9. The van der Waals surface area contributed by atoms with Gasteiger partial charge in [-0.3, -0.25) is 4.79 Å². The Hall–Kier alpha value is -1.80. The van der Waals surface area contributed by atoms with Crippen molar-refractivity contribution in [2.45, 2.75) is 44.4 Å². The third kappa shape index (κ3) is 4.07. The Labute approximate surface area is 149 Å². The van der Waals surface area contributed by atoms with Crippen molar-refractivity contribution in [3.8, 4) is 0 Å². The number of amides is 1. The molecule has 1 aliphatic rings. The van der Waals surface area contributed by atoms with E-state index < -0.39 is 24.9 Å². The second-order valence-corrected chi connectivity index (χ2v) is 6.51. The van der Waals surface area contributed by atoms with Crippen LogP contribution in [0.3, 0.4) is 0 Å². The molecule has 0 unspecified atom stereocenters. The first-order valence-corrected chi connectivity index (χ1v) is 7.98. The minimum atomic E-state index is -3.14. The Kier molecular flexibility index (Phi) is 5.63. The summed E-state index contributed by atoms with van der Waals surface area (Å²) in [5.41, 5.74) is 6.89. The number of carbonyl (C=O) groups excluding carboxylic acids is 1. The van der Waals surface area contributed by atoms with Gasteiger partial charge < -0.3 is 15.6 Å². The Morgan fingerprint density at radius 2 is 2.16 bits per heavy atom. The van der Waals surface area contributed by atoms with Crippen molar-refractivity contribution in [2.24, 2.45) is 5.73 Å². The molecule has 0 aliphatic heterocycles. The molecule has 0 atom stereocenters. The van der Waals surface area contributed by atoms with Crippen molar-refractivity contribution in [3.63, 3.8) is 0 Å². The summed E-state index contributed by atoms with van der Waals surface area (Å²) in [6.07, 6.45) is 1.99. The average Bonchev–Trinajstić information content (AvgIpc) is 3.30. The fourth-order valence-electron chi connectivity index (χ4n) is 2.53. The van der Waals surface area contributed by atoms with Crippen molar-refractivity contribution in [2.75, 3.05) is 13.1 Å². The predicted octanol–water partition coefficient (Wildman–Crippen LogP) is 2.97. The lowest BCUT2D eigenvalue weighted by Crippen LogP contribution is -2.41. The third-order valence-corrected chi connectivity index (χ3v) is 4.09. The van der Waals surface area contributed by atoms with Crippen LogP contribution in [-0.4, -0.2) is 35.1 Å². The van der Waals surface area contributed by atoms with Gasteiger partial charge in [-0.1, -0.05) is 19.0 Å². The van der Waals surface area contributed by atoms with Crippen LogP contribution in [-0.2, 0) is 0 Å². The van der Waals surface area contributed by atoms with Crippen molar-refractivity contribution >= 4 is 29.4 Å². The van der Waals surface area contributed by atoms with Crippen LogP contribution in [0.15, 0.2) is 10.6 Å². The minimum absolute atomic E-state index is 0. The Morgan fingerprint density at radius 3 is 2.72 bits per heavy atom. The topological polar surface area (TPSA) is 94.0 Å². The summed E-state index contributed by atoms with van der Waals surface area (Å²) < 4.78 is 31.9. The number of nitrogens with one attached hydrogen (secondary N) is 1. The number of aromatic nitrogens is 2. The zero-order valence-corrected chi connectivity index (χ0v) is 14.8. The van der Waals surface area contributed by atoms with Crippen LogP contribution in [0.4, 0.5) is 8.78 Å². The number of hydrogen-bond acceptors (Lipinski definition) is 5. The molecular formula is C16H21ClF2N4O2. The van der Waals surface area contributed by atoms with Gasteiger partial charge >= 0.3 is 0 Å². The first kappa shape index (κ1) is 19.5. The van der Waals surface area contributed by atoms with E-state index in [-0.39, 0.29) is 29.6 Å². The fourth-order valence-corrected chi connectivity index (χ4v) is 2.53. The average molecular weight is 375 g/mol. The summed E-state index contributed by atoms with van der Waals surface area (Å²) in [6.45, 7) is 2.19. The van der Waals surface area contributed by atoms with Crippen LogP contribution in [0.25, 0.3) is 11.1 Å². The zero-order valence-electron chi connectivity index (χ0n) is 14.0. The van der Waals surface area contributed by atoms with E-state index in [0.29, 0.717) is 17.0 Å². The van der Waals surface area contributed by atoms with Crippen molar-refractivity contribution in [1.29, 1.82) is 0 Å². The van der Waals surface area contributed by atoms with Gasteiger partial charge in [0.2, 0.25) is 0 Å². The Morgan fingerprint density at radius 1 is 1.48 bits per heavy atom.